The van der Waals surface area contributed by atoms with Crippen LogP contribution in [0.15, 0.2) is 33.9 Å². The van der Waals surface area contributed by atoms with Gasteiger partial charge in [-0.3, -0.25) is 9.36 Å². The summed E-state index contributed by atoms with van der Waals surface area (Å²) in [6.45, 7) is 0.291. The van der Waals surface area contributed by atoms with Crippen LogP contribution in [0.1, 0.15) is 18.4 Å². The van der Waals surface area contributed by atoms with E-state index >= 15 is 0 Å². The van der Waals surface area contributed by atoms with Crippen LogP contribution in [0.4, 0.5) is 37.8 Å². The van der Waals surface area contributed by atoms with Gasteiger partial charge in [0.15, 0.2) is 0 Å². The highest BCUT2D eigenvalue weighted by Gasteiger charge is 2.35. The highest BCUT2D eigenvalue weighted by Crippen LogP contribution is 2.36. The van der Waals surface area contributed by atoms with E-state index in [1.54, 1.807) is 4.90 Å². The van der Waals surface area contributed by atoms with Gasteiger partial charge in [0.25, 0.3) is 5.56 Å². The maximum absolute atomic E-state index is 13.3. The minimum atomic E-state index is -4.52. The number of hydrogen-bond donors (Lipinski definition) is 0. The summed E-state index contributed by atoms with van der Waals surface area (Å²) in [5, 5.41) is 3.96. The second-order valence-corrected chi connectivity index (χ2v) is 7.40. The van der Waals surface area contributed by atoms with Crippen LogP contribution in [0.3, 0.4) is 0 Å². The van der Waals surface area contributed by atoms with Crippen molar-refractivity contribution in [1.82, 2.24) is 14.3 Å². The van der Waals surface area contributed by atoms with Crippen molar-refractivity contribution in [3.63, 3.8) is 0 Å². The molecule has 0 amide bonds. The van der Waals surface area contributed by atoms with E-state index in [1.807, 2.05) is 0 Å². The van der Waals surface area contributed by atoms with E-state index in [4.69, 9.17) is 0 Å². The molecule has 1 saturated heterocycles. The summed E-state index contributed by atoms with van der Waals surface area (Å²) in [6, 6.07) is 5.18. The summed E-state index contributed by atoms with van der Waals surface area (Å²) in [5.74, 6) is -0.122. The lowest BCUT2D eigenvalue weighted by molar-refractivity contribution is -0.137. The summed E-state index contributed by atoms with van der Waals surface area (Å²) in [6.07, 6.45) is -10.4. The zero-order valence-corrected chi connectivity index (χ0v) is 17.1. The van der Waals surface area contributed by atoms with Crippen molar-refractivity contribution in [3.05, 3.63) is 50.7 Å². The minimum Gasteiger partial charge on any atom is -0.367 e. The van der Waals surface area contributed by atoms with Crippen molar-refractivity contribution in [1.29, 1.82) is 0 Å². The molecule has 0 bridgehead atoms. The SMILES string of the molecule is Cn1c(=O)c(N2CCN(c3ccccc3C(F)(F)F)CC2)nn(CCCC(F)(F)F)c1=O. The monoisotopic (exact) mass is 465 g/mol. The number of aryl methyl sites for hydroxylation is 1. The minimum absolute atomic E-state index is 0.0256. The Morgan fingerprint density at radius 1 is 0.938 bits per heavy atom. The van der Waals surface area contributed by atoms with Crippen molar-refractivity contribution in [2.75, 3.05) is 36.0 Å². The van der Waals surface area contributed by atoms with E-state index in [1.165, 1.54) is 30.1 Å². The van der Waals surface area contributed by atoms with Crippen molar-refractivity contribution in [2.45, 2.75) is 31.7 Å². The fourth-order valence-electron chi connectivity index (χ4n) is 3.53. The lowest BCUT2D eigenvalue weighted by Gasteiger charge is -2.37. The number of benzene rings is 1. The first-order valence-electron chi connectivity index (χ1n) is 9.79. The zero-order chi connectivity index (χ0) is 23.7. The Balaban J connectivity index is 1.79. The van der Waals surface area contributed by atoms with Gasteiger partial charge in [-0.2, -0.15) is 26.3 Å². The van der Waals surface area contributed by atoms with E-state index in [9.17, 15) is 35.9 Å². The summed E-state index contributed by atoms with van der Waals surface area (Å²) in [4.78, 5) is 27.8. The molecule has 1 aliphatic heterocycles. The molecule has 176 valence electrons. The molecule has 2 heterocycles. The standard InChI is InChI=1S/C19H21F6N5O2/c1-27-16(31)15(26-30(17(27)32)8-4-7-18(20,21)22)29-11-9-28(10-12-29)14-6-3-2-5-13(14)19(23,24)25/h2-3,5-6H,4,7-12H2,1H3. The summed E-state index contributed by atoms with van der Waals surface area (Å²) in [7, 11) is 1.20. The summed E-state index contributed by atoms with van der Waals surface area (Å²) < 4.78 is 78.7. The molecule has 2 aromatic rings. The fourth-order valence-corrected chi connectivity index (χ4v) is 3.53. The molecular weight excluding hydrogens is 444 g/mol. The van der Waals surface area contributed by atoms with Gasteiger partial charge in [0.2, 0.25) is 5.82 Å². The molecule has 1 aliphatic rings. The Bertz CT molecular complexity index is 1070. The van der Waals surface area contributed by atoms with Gasteiger partial charge in [-0.1, -0.05) is 12.1 Å². The van der Waals surface area contributed by atoms with E-state index in [-0.39, 0.29) is 50.6 Å². The average molecular weight is 465 g/mol. The Kier molecular flexibility index (Phi) is 6.56. The number of hydrogen-bond acceptors (Lipinski definition) is 5. The van der Waals surface area contributed by atoms with Crippen molar-refractivity contribution in [3.8, 4) is 0 Å². The van der Waals surface area contributed by atoms with Crippen LogP contribution in [-0.4, -0.2) is 46.7 Å². The first kappa shape index (κ1) is 23.7. The molecule has 0 unspecified atom stereocenters. The fraction of sp³-hybridized carbons (Fsp3) is 0.526. The lowest BCUT2D eigenvalue weighted by atomic mass is 10.1. The maximum Gasteiger partial charge on any atom is 0.418 e. The number of anilines is 2. The Hall–Kier alpha value is -2.99. The Labute approximate surface area is 178 Å². The van der Waals surface area contributed by atoms with Crippen LogP contribution >= 0.6 is 0 Å². The molecule has 7 nitrogen and oxygen atoms in total. The third-order valence-electron chi connectivity index (χ3n) is 5.18. The number of piperazine rings is 1. The van der Waals surface area contributed by atoms with Crippen molar-refractivity contribution >= 4 is 11.5 Å². The molecular formula is C19H21F6N5O2. The second-order valence-electron chi connectivity index (χ2n) is 7.40. The molecule has 0 saturated carbocycles. The van der Waals surface area contributed by atoms with Gasteiger partial charge in [0, 0.05) is 51.9 Å². The van der Waals surface area contributed by atoms with Crippen molar-refractivity contribution < 1.29 is 26.3 Å². The molecule has 1 aromatic heterocycles. The third kappa shape index (κ3) is 5.25. The number of alkyl halides is 6. The van der Waals surface area contributed by atoms with Crippen LogP contribution in [0.25, 0.3) is 0 Å². The molecule has 1 aromatic carbocycles. The van der Waals surface area contributed by atoms with E-state index < -0.39 is 35.6 Å². The molecule has 32 heavy (non-hydrogen) atoms. The van der Waals surface area contributed by atoms with Crippen LogP contribution in [0, 0.1) is 0 Å². The van der Waals surface area contributed by atoms with Gasteiger partial charge in [0.05, 0.1) is 5.56 Å². The van der Waals surface area contributed by atoms with Crippen LogP contribution in [0.2, 0.25) is 0 Å². The van der Waals surface area contributed by atoms with Crippen LogP contribution in [-0.2, 0) is 19.8 Å². The number of nitrogens with zero attached hydrogens (tertiary/aromatic N) is 5. The van der Waals surface area contributed by atoms with Gasteiger partial charge in [0.1, 0.15) is 0 Å². The van der Waals surface area contributed by atoms with Crippen LogP contribution < -0.4 is 21.0 Å². The quantitative estimate of drug-likeness (QED) is 0.636. The van der Waals surface area contributed by atoms with Crippen LogP contribution in [0.5, 0.6) is 0 Å². The van der Waals surface area contributed by atoms with Gasteiger partial charge in [-0.05, 0) is 18.6 Å². The number of aromatic nitrogens is 3. The lowest BCUT2D eigenvalue weighted by Crippen LogP contribution is -2.51. The highest BCUT2D eigenvalue weighted by atomic mass is 19.4. The molecule has 0 radical (unpaired) electrons. The molecule has 13 heteroatoms. The van der Waals surface area contributed by atoms with Crippen molar-refractivity contribution in [2.24, 2.45) is 7.05 Å². The summed E-state index contributed by atoms with van der Waals surface area (Å²) >= 11 is 0. The second kappa shape index (κ2) is 8.87. The first-order valence-corrected chi connectivity index (χ1v) is 9.79. The summed E-state index contributed by atoms with van der Waals surface area (Å²) in [5.41, 5.74) is -2.29. The van der Waals surface area contributed by atoms with Gasteiger partial charge in [-0.15, -0.1) is 5.10 Å². The average Bonchev–Trinajstić information content (AvgIpc) is 2.72. The zero-order valence-electron chi connectivity index (χ0n) is 17.1. The third-order valence-corrected chi connectivity index (χ3v) is 5.18. The Morgan fingerprint density at radius 3 is 2.12 bits per heavy atom. The molecule has 0 spiro atoms. The molecule has 0 aliphatic carbocycles. The molecule has 0 atom stereocenters. The first-order chi connectivity index (χ1) is 14.9. The Morgan fingerprint density at radius 2 is 1.53 bits per heavy atom. The van der Waals surface area contributed by atoms with E-state index in [0.29, 0.717) is 0 Å². The topological polar surface area (TPSA) is 63.4 Å². The highest BCUT2D eigenvalue weighted by molar-refractivity contribution is 5.56. The van der Waals surface area contributed by atoms with E-state index in [2.05, 4.69) is 5.10 Å². The number of para-hydroxylation sites is 1. The normalized spacial score (nSPS) is 15.3. The largest absolute Gasteiger partial charge is 0.418 e. The van der Waals surface area contributed by atoms with E-state index in [0.717, 1.165) is 15.3 Å². The number of rotatable bonds is 5. The molecule has 1 fully saturated rings. The predicted molar refractivity (Wildman–Crippen MR) is 105 cm³/mol. The van der Waals surface area contributed by atoms with Gasteiger partial charge >= 0.3 is 18.0 Å². The molecule has 3 rings (SSSR count). The maximum atomic E-state index is 13.3. The number of halogens is 6. The van der Waals surface area contributed by atoms with Gasteiger partial charge < -0.3 is 9.80 Å². The molecule has 0 N–H and O–H groups in total. The predicted octanol–water partition coefficient (Wildman–Crippen LogP) is 2.63. The van der Waals surface area contributed by atoms with Gasteiger partial charge in [-0.25, -0.2) is 9.48 Å². The smallest absolute Gasteiger partial charge is 0.367 e.